The Bertz CT molecular complexity index is 1000. The number of methoxy groups -OCH3 is 1. The van der Waals surface area contributed by atoms with Crippen molar-refractivity contribution in [3.63, 3.8) is 0 Å². The van der Waals surface area contributed by atoms with Crippen LogP contribution in [0.1, 0.15) is 48.2 Å². The second-order valence-electron chi connectivity index (χ2n) is 8.37. The zero-order chi connectivity index (χ0) is 22.6. The van der Waals surface area contributed by atoms with Gasteiger partial charge in [-0.05, 0) is 48.6 Å². The van der Waals surface area contributed by atoms with Gasteiger partial charge in [0.25, 0.3) is 5.91 Å². The van der Waals surface area contributed by atoms with E-state index in [-0.39, 0.29) is 16.8 Å². The maximum absolute atomic E-state index is 13.4. The van der Waals surface area contributed by atoms with Gasteiger partial charge in [-0.2, -0.15) is 4.31 Å². The lowest BCUT2D eigenvalue weighted by Crippen LogP contribution is -2.49. The molecule has 174 valence electrons. The number of anilines is 1. The van der Waals surface area contributed by atoms with Gasteiger partial charge < -0.3 is 15.0 Å². The molecule has 0 atom stereocenters. The summed E-state index contributed by atoms with van der Waals surface area (Å²) in [5.41, 5.74) is 1.04. The summed E-state index contributed by atoms with van der Waals surface area (Å²) in [7, 11) is -2.09. The smallest absolute Gasteiger partial charge is 0.262 e. The van der Waals surface area contributed by atoms with Crippen molar-refractivity contribution >= 4 is 33.0 Å². The van der Waals surface area contributed by atoms with Crippen LogP contribution >= 0.6 is 11.3 Å². The molecule has 32 heavy (non-hydrogen) atoms. The average Bonchev–Trinajstić information content (AvgIpc) is 3.19. The van der Waals surface area contributed by atoms with E-state index in [1.165, 1.54) is 28.5 Å². The van der Waals surface area contributed by atoms with Crippen molar-refractivity contribution in [1.29, 1.82) is 0 Å². The molecule has 0 bridgehead atoms. The highest BCUT2D eigenvalue weighted by Crippen LogP contribution is 2.28. The number of carbonyl (C=O) groups excluding carboxylic acids is 1. The summed E-state index contributed by atoms with van der Waals surface area (Å²) < 4.78 is 33.4. The zero-order valence-electron chi connectivity index (χ0n) is 18.5. The molecular weight excluding hydrogens is 446 g/mol. The number of piperazine rings is 1. The Labute approximate surface area is 194 Å². The molecule has 2 aliphatic rings. The third kappa shape index (κ3) is 5.10. The first-order chi connectivity index (χ1) is 15.5. The van der Waals surface area contributed by atoms with E-state index in [4.69, 9.17) is 4.74 Å². The number of hydrogen-bond donors (Lipinski definition) is 1. The molecular formula is C23H31N3O4S2. The summed E-state index contributed by atoms with van der Waals surface area (Å²) in [5.74, 6) is 0.532. The second kappa shape index (κ2) is 10.2. The van der Waals surface area contributed by atoms with Crippen LogP contribution in [0.4, 0.5) is 5.69 Å². The topological polar surface area (TPSA) is 79.0 Å². The number of amides is 1. The van der Waals surface area contributed by atoms with Crippen molar-refractivity contribution in [1.82, 2.24) is 9.62 Å². The van der Waals surface area contributed by atoms with Crippen LogP contribution in [0.15, 0.2) is 40.6 Å². The molecule has 0 radical (unpaired) electrons. The van der Waals surface area contributed by atoms with Gasteiger partial charge in [-0.15, -0.1) is 11.3 Å². The van der Waals surface area contributed by atoms with Crippen LogP contribution in [0.5, 0.6) is 5.75 Å². The molecule has 7 nitrogen and oxygen atoms in total. The van der Waals surface area contributed by atoms with E-state index < -0.39 is 10.0 Å². The van der Waals surface area contributed by atoms with Crippen LogP contribution in [-0.4, -0.2) is 58.0 Å². The normalized spacial score (nSPS) is 18.8. The number of sulfonamides is 1. The van der Waals surface area contributed by atoms with E-state index in [2.05, 4.69) is 10.2 Å². The van der Waals surface area contributed by atoms with Gasteiger partial charge in [0.15, 0.2) is 0 Å². The van der Waals surface area contributed by atoms with Gasteiger partial charge in [0.2, 0.25) is 10.0 Å². The minimum absolute atomic E-state index is 0.131. The molecule has 2 aromatic rings. The largest absolute Gasteiger partial charge is 0.497 e. The van der Waals surface area contributed by atoms with E-state index in [9.17, 15) is 13.2 Å². The number of hydrogen-bond acceptors (Lipinski definition) is 6. The number of carbonyl (C=O) groups is 1. The number of rotatable bonds is 6. The lowest BCUT2D eigenvalue weighted by Gasteiger charge is -2.35. The predicted molar refractivity (Wildman–Crippen MR) is 127 cm³/mol. The predicted octanol–water partition coefficient (Wildman–Crippen LogP) is 3.72. The lowest BCUT2D eigenvalue weighted by atomic mass is 10.1. The summed E-state index contributed by atoms with van der Waals surface area (Å²) in [6, 6.07) is 9.48. The third-order valence-electron chi connectivity index (χ3n) is 6.32. The van der Waals surface area contributed by atoms with Gasteiger partial charge in [-0.1, -0.05) is 25.7 Å². The van der Waals surface area contributed by atoms with Gasteiger partial charge in [0, 0.05) is 37.9 Å². The Morgan fingerprint density at radius 2 is 1.66 bits per heavy atom. The van der Waals surface area contributed by atoms with E-state index >= 15 is 0 Å². The van der Waals surface area contributed by atoms with E-state index in [0.29, 0.717) is 31.1 Å². The minimum Gasteiger partial charge on any atom is -0.497 e. The first-order valence-electron chi connectivity index (χ1n) is 11.3. The average molecular weight is 478 g/mol. The van der Waals surface area contributed by atoms with Crippen LogP contribution in [0.25, 0.3) is 0 Å². The molecule has 1 aliphatic carbocycles. The van der Waals surface area contributed by atoms with Crippen LogP contribution < -0.4 is 15.0 Å². The van der Waals surface area contributed by atoms with Crippen molar-refractivity contribution in [3.8, 4) is 5.75 Å². The fraction of sp³-hybridized carbons (Fsp3) is 0.522. The highest BCUT2D eigenvalue weighted by atomic mass is 32.2. The molecule has 2 heterocycles. The number of nitrogens with one attached hydrogen (secondary N) is 1. The number of benzene rings is 1. The molecule has 1 saturated carbocycles. The van der Waals surface area contributed by atoms with Gasteiger partial charge in [-0.25, -0.2) is 8.42 Å². The fourth-order valence-electron chi connectivity index (χ4n) is 4.46. The second-order valence-corrected chi connectivity index (χ2v) is 11.2. The van der Waals surface area contributed by atoms with Crippen molar-refractivity contribution in [2.24, 2.45) is 0 Å². The molecule has 1 aliphatic heterocycles. The number of ether oxygens (including phenoxy) is 1. The molecule has 0 unspecified atom stereocenters. The molecule has 0 spiro atoms. The summed E-state index contributed by atoms with van der Waals surface area (Å²) in [6.07, 6.45) is 6.55. The lowest BCUT2D eigenvalue weighted by molar-refractivity contribution is 0.0934. The molecule has 1 aromatic heterocycles. The molecule has 1 saturated heterocycles. The van der Waals surface area contributed by atoms with Crippen molar-refractivity contribution in [3.05, 3.63) is 40.6 Å². The Kier molecular flexibility index (Phi) is 7.37. The van der Waals surface area contributed by atoms with Crippen LogP contribution in [0.3, 0.4) is 0 Å². The maximum Gasteiger partial charge on any atom is 0.262 e. The highest BCUT2D eigenvalue weighted by molar-refractivity contribution is 7.89. The van der Waals surface area contributed by atoms with Gasteiger partial charge in [-0.3, -0.25) is 4.79 Å². The Balaban J connectivity index is 1.42. The number of thiophene rings is 1. The Morgan fingerprint density at radius 1 is 1.00 bits per heavy atom. The number of nitrogens with zero attached hydrogens (tertiary/aromatic N) is 2. The van der Waals surface area contributed by atoms with Crippen LogP contribution in [-0.2, 0) is 10.0 Å². The Morgan fingerprint density at radius 3 is 2.28 bits per heavy atom. The molecule has 2 fully saturated rings. The molecule has 1 amide bonds. The van der Waals surface area contributed by atoms with E-state index in [1.54, 1.807) is 18.6 Å². The summed E-state index contributed by atoms with van der Waals surface area (Å²) in [4.78, 5) is 15.5. The van der Waals surface area contributed by atoms with Crippen LogP contribution in [0.2, 0.25) is 0 Å². The first-order valence-corrected chi connectivity index (χ1v) is 13.6. The zero-order valence-corrected chi connectivity index (χ0v) is 20.1. The maximum atomic E-state index is 13.4. The summed E-state index contributed by atoms with van der Waals surface area (Å²) >= 11 is 1.20. The van der Waals surface area contributed by atoms with Crippen molar-refractivity contribution in [2.75, 3.05) is 38.2 Å². The third-order valence-corrected chi connectivity index (χ3v) is 9.30. The minimum atomic E-state index is -3.72. The van der Waals surface area contributed by atoms with Gasteiger partial charge >= 0.3 is 0 Å². The first kappa shape index (κ1) is 23.1. The summed E-state index contributed by atoms with van der Waals surface area (Å²) in [6.45, 7) is 1.96. The monoisotopic (exact) mass is 477 g/mol. The Hall–Kier alpha value is -2.10. The molecule has 4 rings (SSSR count). The van der Waals surface area contributed by atoms with Crippen molar-refractivity contribution in [2.45, 2.75) is 49.5 Å². The van der Waals surface area contributed by atoms with Gasteiger partial charge in [0.1, 0.15) is 15.5 Å². The molecule has 9 heteroatoms. The highest BCUT2D eigenvalue weighted by Gasteiger charge is 2.33. The van der Waals surface area contributed by atoms with Gasteiger partial charge in [0.05, 0.1) is 7.11 Å². The molecule has 1 aromatic carbocycles. The molecule has 1 N–H and O–H groups in total. The van der Waals surface area contributed by atoms with Crippen LogP contribution in [0, 0.1) is 0 Å². The fourth-order valence-corrected chi connectivity index (χ4v) is 7.19. The van der Waals surface area contributed by atoms with E-state index in [0.717, 1.165) is 37.1 Å². The summed E-state index contributed by atoms with van der Waals surface area (Å²) in [5, 5.41) is 4.78. The quantitative estimate of drug-likeness (QED) is 0.642. The standard InChI is InChI=1S/C23H31N3O4S2/c1-30-20-10-8-19(9-11-20)25-13-15-26(16-14-25)32(28,29)21-12-17-31-22(21)23(27)24-18-6-4-2-3-5-7-18/h8-12,17-18H,2-7,13-16H2,1H3,(H,24,27). The van der Waals surface area contributed by atoms with E-state index in [1.807, 2.05) is 24.3 Å². The SMILES string of the molecule is COc1ccc(N2CCN(S(=O)(=O)c3ccsc3C(=O)NC3CCCCCC3)CC2)cc1. The van der Waals surface area contributed by atoms with Crippen molar-refractivity contribution < 1.29 is 17.9 Å².